The zero-order valence-corrected chi connectivity index (χ0v) is 7.43. The fraction of sp³-hybridized carbons (Fsp3) is 0.333. The molecule has 0 N–H and O–H groups in total. The van der Waals surface area contributed by atoms with Gasteiger partial charge in [0, 0.05) is 12.8 Å². The van der Waals surface area contributed by atoms with Crippen LogP contribution in [-0.4, -0.2) is 5.78 Å². The maximum Gasteiger partial charge on any atom is 0.172 e. The average molecular weight is 179 g/mol. The Hall–Kier alpha value is -1.14. The van der Waals surface area contributed by atoms with E-state index in [4.69, 9.17) is 5.26 Å². The van der Waals surface area contributed by atoms with Gasteiger partial charge in [0.2, 0.25) is 0 Å². The molecule has 0 saturated carbocycles. The standard InChI is InChI=1S/C9H9NOS/c10-6-2-1-4-8(11)9-5-3-7-12-9/h3,5,7H,1-2,4H2. The molecule has 0 atom stereocenters. The molecule has 0 bridgehead atoms. The molecule has 0 radical (unpaired) electrons. The van der Waals surface area contributed by atoms with Crippen molar-refractivity contribution in [3.8, 4) is 6.07 Å². The molecule has 0 aliphatic rings. The van der Waals surface area contributed by atoms with Crippen molar-refractivity contribution in [2.75, 3.05) is 0 Å². The Morgan fingerprint density at radius 1 is 1.67 bits per heavy atom. The van der Waals surface area contributed by atoms with Crippen molar-refractivity contribution in [2.24, 2.45) is 0 Å². The van der Waals surface area contributed by atoms with Gasteiger partial charge in [0.15, 0.2) is 5.78 Å². The number of hydrogen-bond acceptors (Lipinski definition) is 3. The Bertz CT molecular complexity index is 284. The summed E-state index contributed by atoms with van der Waals surface area (Å²) in [6.07, 6.45) is 1.64. The van der Waals surface area contributed by atoms with E-state index in [1.807, 2.05) is 23.6 Å². The van der Waals surface area contributed by atoms with Crippen LogP contribution in [0.1, 0.15) is 28.9 Å². The third-order valence-electron chi connectivity index (χ3n) is 1.49. The number of thiophene rings is 1. The highest BCUT2D eigenvalue weighted by molar-refractivity contribution is 7.12. The number of nitrogens with zero attached hydrogens (tertiary/aromatic N) is 1. The van der Waals surface area contributed by atoms with E-state index in [1.54, 1.807) is 0 Å². The third kappa shape index (κ3) is 2.48. The smallest absolute Gasteiger partial charge is 0.172 e. The monoisotopic (exact) mass is 179 g/mol. The summed E-state index contributed by atoms with van der Waals surface area (Å²) in [6, 6.07) is 5.70. The normalized spacial score (nSPS) is 9.25. The summed E-state index contributed by atoms with van der Waals surface area (Å²) in [5.74, 6) is 0.153. The second kappa shape index (κ2) is 4.68. The Balaban J connectivity index is 2.36. The van der Waals surface area contributed by atoms with Crippen LogP contribution in [0.5, 0.6) is 0 Å². The summed E-state index contributed by atoms with van der Waals surface area (Å²) in [5, 5.41) is 10.1. The third-order valence-corrected chi connectivity index (χ3v) is 2.40. The van der Waals surface area contributed by atoms with Gasteiger partial charge in [-0.25, -0.2) is 0 Å². The van der Waals surface area contributed by atoms with Crippen molar-refractivity contribution in [2.45, 2.75) is 19.3 Å². The summed E-state index contributed by atoms with van der Waals surface area (Å²) in [4.78, 5) is 12.1. The van der Waals surface area contributed by atoms with Crippen molar-refractivity contribution in [1.29, 1.82) is 5.26 Å². The van der Waals surface area contributed by atoms with Gasteiger partial charge in [-0.1, -0.05) is 6.07 Å². The largest absolute Gasteiger partial charge is 0.293 e. The number of rotatable bonds is 4. The predicted molar refractivity (Wildman–Crippen MR) is 48.1 cm³/mol. The summed E-state index contributed by atoms with van der Waals surface area (Å²) in [5.41, 5.74) is 0. The van der Waals surface area contributed by atoms with Crippen LogP contribution in [0.15, 0.2) is 17.5 Å². The Kier molecular flexibility index (Phi) is 3.49. The minimum absolute atomic E-state index is 0.153. The molecule has 1 aromatic rings. The molecule has 3 heteroatoms. The Morgan fingerprint density at radius 3 is 3.08 bits per heavy atom. The van der Waals surface area contributed by atoms with Gasteiger partial charge in [-0.05, 0) is 17.9 Å². The van der Waals surface area contributed by atoms with Gasteiger partial charge >= 0.3 is 0 Å². The van der Waals surface area contributed by atoms with Gasteiger partial charge < -0.3 is 0 Å². The second-order valence-corrected chi connectivity index (χ2v) is 3.36. The first kappa shape index (κ1) is 8.95. The molecule has 12 heavy (non-hydrogen) atoms. The van der Waals surface area contributed by atoms with Crippen LogP contribution in [0, 0.1) is 11.3 Å². The van der Waals surface area contributed by atoms with E-state index in [-0.39, 0.29) is 5.78 Å². The SMILES string of the molecule is N#CCCCC(=O)c1cccs1. The first-order valence-electron chi connectivity index (χ1n) is 3.78. The highest BCUT2D eigenvalue weighted by atomic mass is 32.1. The first-order valence-corrected chi connectivity index (χ1v) is 4.66. The van der Waals surface area contributed by atoms with Crippen LogP contribution >= 0.6 is 11.3 Å². The molecule has 0 fully saturated rings. The van der Waals surface area contributed by atoms with E-state index in [0.717, 1.165) is 4.88 Å². The maximum absolute atomic E-state index is 11.3. The van der Waals surface area contributed by atoms with Gasteiger partial charge in [0.1, 0.15) is 0 Å². The topological polar surface area (TPSA) is 40.9 Å². The number of unbranched alkanes of at least 4 members (excludes halogenated alkanes) is 1. The molecule has 0 unspecified atom stereocenters. The highest BCUT2D eigenvalue weighted by Gasteiger charge is 2.04. The van der Waals surface area contributed by atoms with Gasteiger partial charge in [-0.2, -0.15) is 5.26 Å². The number of carbonyl (C=O) groups excluding carboxylic acids is 1. The van der Waals surface area contributed by atoms with Crippen molar-refractivity contribution in [3.05, 3.63) is 22.4 Å². The van der Waals surface area contributed by atoms with E-state index in [1.165, 1.54) is 11.3 Å². The molecule has 1 heterocycles. The fourth-order valence-corrected chi connectivity index (χ4v) is 1.58. The van der Waals surface area contributed by atoms with Crippen LogP contribution in [0.3, 0.4) is 0 Å². The molecular formula is C9H9NOS. The summed E-state index contributed by atoms with van der Waals surface area (Å²) >= 11 is 1.46. The number of ketones is 1. The average Bonchev–Trinajstić information content (AvgIpc) is 2.56. The second-order valence-electron chi connectivity index (χ2n) is 2.41. The summed E-state index contributed by atoms with van der Waals surface area (Å²) in [7, 11) is 0. The Morgan fingerprint density at radius 2 is 2.50 bits per heavy atom. The maximum atomic E-state index is 11.3. The Labute approximate surface area is 75.5 Å². The van der Waals surface area contributed by atoms with E-state index in [9.17, 15) is 4.79 Å². The lowest BCUT2D eigenvalue weighted by atomic mass is 10.1. The summed E-state index contributed by atoms with van der Waals surface area (Å²) < 4.78 is 0. The lowest BCUT2D eigenvalue weighted by Gasteiger charge is -1.92. The molecule has 0 spiro atoms. The van der Waals surface area contributed by atoms with Crippen LogP contribution in [-0.2, 0) is 0 Å². The molecule has 0 aliphatic heterocycles. The van der Waals surface area contributed by atoms with E-state index < -0.39 is 0 Å². The zero-order valence-electron chi connectivity index (χ0n) is 6.62. The minimum atomic E-state index is 0.153. The van der Waals surface area contributed by atoms with Crippen LogP contribution in [0.2, 0.25) is 0 Å². The molecule has 1 aromatic heterocycles. The highest BCUT2D eigenvalue weighted by Crippen LogP contribution is 2.12. The van der Waals surface area contributed by atoms with Gasteiger partial charge in [-0.3, -0.25) is 4.79 Å². The van der Waals surface area contributed by atoms with E-state index in [0.29, 0.717) is 19.3 Å². The molecule has 0 amide bonds. The number of carbonyl (C=O) groups is 1. The number of nitriles is 1. The van der Waals surface area contributed by atoms with Crippen molar-refractivity contribution in [1.82, 2.24) is 0 Å². The van der Waals surface area contributed by atoms with Crippen LogP contribution in [0.25, 0.3) is 0 Å². The van der Waals surface area contributed by atoms with Crippen LogP contribution in [0.4, 0.5) is 0 Å². The predicted octanol–water partition coefficient (Wildman–Crippen LogP) is 2.62. The van der Waals surface area contributed by atoms with Crippen molar-refractivity contribution < 1.29 is 4.79 Å². The molecule has 1 rings (SSSR count). The lowest BCUT2D eigenvalue weighted by Crippen LogP contribution is -1.94. The van der Waals surface area contributed by atoms with Gasteiger partial charge in [0.05, 0.1) is 10.9 Å². The lowest BCUT2D eigenvalue weighted by molar-refractivity contribution is 0.0984. The molecule has 0 saturated heterocycles. The van der Waals surface area contributed by atoms with E-state index >= 15 is 0 Å². The van der Waals surface area contributed by atoms with Crippen molar-refractivity contribution in [3.63, 3.8) is 0 Å². The molecule has 0 aromatic carbocycles. The minimum Gasteiger partial charge on any atom is -0.293 e. The number of hydrogen-bond donors (Lipinski definition) is 0. The van der Waals surface area contributed by atoms with Crippen molar-refractivity contribution >= 4 is 17.1 Å². The van der Waals surface area contributed by atoms with Gasteiger partial charge in [-0.15, -0.1) is 11.3 Å². The molecular weight excluding hydrogens is 170 g/mol. The quantitative estimate of drug-likeness (QED) is 0.526. The zero-order chi connectivity index (χ0) is 8.81. The number of Topliss-reactive ketones (excluding diaryl/α,β-unsaturated/α-hetero) is 1. The van der Waals surface area contributed by atoms with Crippen LogP contribution < -0.4 is 0 Å². The molecule has 0 aliphatic carbocycles. The van der Waals surface area contributed by atoms with Gasteiger partial charge in [0.25, 0.3) is 0 Å². The molecule has 62 valence electrons. The fourth-order valence-electron chi connectivity index (χ4n) is 0.888. The van der Waals surface area contributed by atoms with E-state index in [2.05, 4.69) is 0 Å². The molecule has 2 nitrogen and oxygen atoms in total. The summed E-state index contributed by atoms with van der Waals surface area (Å²) in [6.45, 7) is 0. The first-order chi connectivity index (χ1) is 5.84.